The van der Waals surface area contributed by atoms with Crippen LogP contribution in [0.2, 0.25) is 0 Å². The molecule has 0 saturated heterocycles. The Balaban J connectivity index is 3.07. The van der Waals surface area contributed by atoms with Crippen LogP contribution in [0.4, 0.5) is 0 Å². The van der Waals surface area contributed by atoms with Gasteiger partial charge in [0.15, 0.2) is 0 Å². The molecule has 232 valence electrons. The Labute approximate surface area is 246 Å². The van der Waals surface area contributed by atoms with E-state index in [1.807, 2.05) is 0 Å². The second-order valence-electron chi connectivity index (χ2n) is 11.4. The van der Waals surface area contributed by atoms with Crippen molar-refractivity contribution in [2.24, 2.45) is 0 Å². The third-order valence-corrected chi connectivity index (χ3v) is 7.45. The predicted molar refractivity (Wildman–Crippen MR) is 175 cm³/mol. The standard InChI is InChI=1S/C36H71NO2/c1-3-5-7-9-11-13-15-17-19-21-23-25-27-29-33-38-35-31-37-32-36-39-34-30-28-26-24-22-20-18-16-14-12-10-8-6-4-2/h13-16,37H,3-12,17-36H2,1-2H3/b15-13-,16-14-. The topological polar surface area (TPSA) is 30.5 Å². The molecule has 0 aromatic rings. The summed E-state index contributed by atoms with van der Waals surface area (Å²) in [7, 11) is 0. The molecule has 0 fully saturated rings. The maximum Gasteiger partial charge on any atom is 0.0590 e. The average Bonchev–Trinajstić information content (AvgIpc) is 2.95. The lowest BCUT2D eigenvalue weighted by Crippen LogP contribution is -2.24. The number of hydrogen-bond acceptors (Lipinski definition) is 3. The second-order valence-corrected chi connectivity index (χ2v) is 11.4. The number of allylic oxidation sites excluding steroid dienone is 4. The lowest BCUT2D eigenvalue weighted by molar-refractivity contribution is 0.117. The molecule has 0 aliphatic carbocycles. The van der Waals surface area contributed by atoms with Crippen LogP contribution in [0.3, 0.4) is 0 Å². The molecule has 0 aromatic heterocycles. The van der Waals surface area contributed by atoms with Gasteiger partial charge in [-0.2, -0.15) is 0 Å². The van der Waals surface area contributed by atoms with E-state index in [0.717, 1.165) is 39.5 Å². The van der Waals surface area contributed by atoms with Crippen LogP contribution in [0.1, 0.15) is 168 Å². The first-order valence-corrected chi connectivity index (χ1v) is 17.6. The molecule has 0 radical (unpaired) electrons. The molecule has 3 heteroatoms. The van der Waals surface area contributed by atoms with Gasteiger partial charge in [0.25, 0.3) is 0 Å². The van der Waals surface area contributed by atoms with Crippen LogP contribution in [-0.4, -0.2) is 39.5 Å². The molecule has 0 unspecified atom stereocenters. The van der Waals surface area contributed by atoms with Crippen molar-refractivity contribution in [1.29, 1.82) is 0 Å². The summed E-state index contributed by atoms with van der Waals surface area (Å²) in [4.78, 5) is 0. The third kappa shape index (κ3) is 37.4. The van der Waals surface area contributed by atoms with Crippen molar-refractivity contribution in [2.75, 3.05) is 39.5 Å². The first kappa shape index (κ1) is 38.4. The van der Waals surface area contributed by atoms with Gasteiger partial charge in [-0.1, -0.05) is 128 Å². The van der Waals surface area contributed by atoms with Crippen LogP contribution in [-0.2, 0) is 9.47 Å². The molecule has 0 aliphatic rings. The Morgan fingerprint density at radius 2 is 0.667 bits per heavy atom. The van der Waals surface area contributed by atoms with E-state index in [4.69, 9.17) is 9.47 Å². The Bertz CT molecular complexity index is 435. The van der Waals surface area contributed by atoms with Gasteiger partial charge in [0.05, 0.1) is 13.2 Å². The summed E-state index contributed by atoms with van der Waals surface area (Å²) < 4.78 is 11.5. The second kappa shape index (κ2) is 37.4. The minimum atomic E-state index is 0.819. The van der Waals surface area contributed by atoms with E-state index in [1.54, 1.807) is 0 Å². The van der Waals surface area contributed by atoms with Gasteiger partial charge < -0.3 is 14.8 Å². The lowest BCUT2D eigenvalue weighted by atomic mass is 10.1. The molecule has 0 spiro atoms. The molecule has 0 heterocycles. The van der Waals surface area contributed by atoms with Crippen LogP contribution < -0.4 is 5.32 Å². The third-order valence-electron chi connectivity index (χ3n) is 7.45. The van der Waals surface area contributed by atoms with E-state index in [9.17, 15) is 0 Å². The number of rotatable bonds is 34. The maximum atomic E-state index is 5.76. The van der Waals surface area contributed by atoms with Gasteiger partial charge in [0, 0.05) is 26.3 Å². The summed E-state index contributed by atoms with van der Waals surface area (Å²) in [6, 6.07) is 0. The lowest BCUT2D eigenvalue weighted by Gasteiger charge is -2.07. The van der Waals surface area contributed by atoms with Gasteiger partial charge in [-0.05, 0) is 64.2 Å². The highest BCUT2D eigenvalue weighted by atomic mass is 16.5. The first-order chi connectivity index (χ1) is 19.4. The Morgan fingerprint density at radius 1 is 0.359 bits per heavy atom. The minimum absolute atomic E-state index is 0.819. The van der Waals surface area contributed by atoms with Crippen LogP contribution in [0.25, 0.3) is 0 Å². The van der Waals surface area contributed by atoms with Gasteiger partial charge in [0.1, 0.15) is 0 Å². The van der Waals surface area contributed by atoms with Crippen molar-refractivity contribution >= 4 is 0 Å². The Kier molecular flexibility index (Phi) is 36.7. The van der Waals surface area contributed by atoms with E-state index in [-0.39, 0.29) is 0 Å². The van der Waals surface area contributed by atoms with Crippen LogP contribution >= 0.6 is 0 Å². The van der Waals surface area contributed by atoms with E-state index in [1.165, 1.54) is 154 Å². The van der Waals surface area contributed by atoms with Crippen molar-refractivity contribution in [3.8, 4) is 0 Å². The molecule has 0 aliphatic heterocycles. The van der Waals surface area contributed by atoms with E-state index in [2.05, 4.69) is 43.5 Å². The van der Waals surface area contributed by atoms with Crippen molar-refractivity contribution in [2.45, 2.75) is 168 Å². The molecule has 0 bridgehead atoms. The van der Waals surface area contributed by atoms with Gasteiger partial charge in [0.2, 0.25) is 0 Å². The Hall–Kier alpha value is -0.640. The number of hydrogen-bond donors (Lipinski definition) is 1. The highest BCUT2D eigenvalue weighted by molar-refractivity contribution is 4.81. The Morgan fingerprint density at radius 3 is 1.03 bits per heavy atom. The summed E-state index contributed by atoms with van der Waals surface area (Å²) in [6.45, 7) is 9.88. The molecule has 3 nitrogen and oxygen atoms in total. The SMILES string of the molecule is CCCCCC/C=C\CCCCCCCCOCCNCCOCCCCCCCC/C=C\CCCCCC. The van der Waals surface area contributed by atoms with Crippen LogP contribution in [0.5, 0.6) is 0 Å². The number of unbranched alkanes of at least 4 members (excludes halogenated alkanes) is 20. The largest absolute Gasteiger partial charge is 0.380 e. The summed E-state index contributed by atoms with van der Waals surface area (Å²) in [6.07, 6.45) is 41.7. The van der Waals surface area contributed by atoms with Crippen molar-refractivity contribution < 1.29 is 9.47 Å². The normalized spacial score (nSPS) is 11.9. The minimum Gasteiger partial charge on any atom is -0.380 e. The van der Waals surface area contributed by atoms with Gasteiger partial charge in [-0.25, -0.2) is 0 Å². The zero-order valence-corrected chi connectivity index (χ0v) is 26.8. The molecule has 0 rings (SSSR count). The van der Waals surface area contributed by atoms with Crippen LogP contribution in [0.15, 0.2) is 24.3 Å². The molecule has 0 atom stereocenters. The zero-order valence-electron chi connectivity index (χ0n) is 26.8. The highest BCUT2D eigenvalue weighted by Gasteiger charge is 1.95. The zero-order chi connectivity index (χ0) is 28.2. The molecule has 39 heavy (non-hydrogen) atoms. The molecule has 0 amide bonds. The van der Waals surface area contributed by atoms with Crippen LogP contribution in [0, 0.1) is 0 Å². The average molecular weight is 550 g/mol. The molecule has 1 N–H and O–H groups in total. The fourth-order valence-corrected chi connectivity index (χ4v) is 4.81. The molecule has 0 aromatic carbocycles. The smallest absolute Gasteiger partial charge is 0.0590 e. The van der Waals surface area contributed by atoms with E-state index < -0.39 is 0 Å². The van der Waals surface area contributed by atoms with Gasteiger partial charge in [-0.3, -0.25) is 0 Å². The summed E-state index contributed by atoms with van der Waals surface area (Å²) in [5.74, 6) is 0. The molecular formula is C36H71NO2. The molecule has 0 saturated carbocycles. The monoisotopic (exact) mass is 550 g/mol. The maximum absolute atomic E-state index is 5.76. The molecular weight excluding hydrogens is 478 g/mol. The fraction of sp³-hybridized carbons (Fsp3) is 0.889. The van der Waals surface area contributed by atoms with Gasteiger partial charge >= 0.3 is 0 Å². The van der Waals surface area contributed by atoms with E-state index >= 15 is 0 Å². The van der Waals surface area contributed by atoms with Crippen molar-refractivity contribution in [3.05, 3.63) is 24.3 Å². The summed E-state index contributed by atoms with van der Waals surface area (Å²) >= 11 is 0. The van der Waals surface area contributed by atoms with E-state index in [0.29, 0.717) is 0 Å². The predicted octanol–water partition coefficient (Wildman–Crippen LogP) is 11.1. The van der Waals surface area contributed by atoms with Crippen molar-refractivity contribution in [3.63, 3.8) is 0 Å². The highest BCUT2D eigenvalue weighted by Crippen LogP contribution is 2.10. The van der Waals surface area contributed by atoms with Gasteiger partial charge in [-0.15, -0.1) is 0 Å². The number of nitrogens with one attached hydrogen (secondary N) is 1. The fourth-order valence-electron chi connectivity index (χ4n) is 4.81. The summed E-state index contributed by atoms with van der Waals surface area (Å²) in [5, 5.41) is 3.43. The van der Waals surface area contributed by atoms with Crippen molar-refractivity contribution in [1.82, 2.24) is 5.32 Å². The quantitative estimate of drug-likeness (QED) is 0.0639. The summed E-state index contributed by atoms with van der Waals surface area (Å²) in [5.41, 5.74) is 0. The number of ether oxygens (including phenoxy) is 2. The first-order valence-electron chi connectivity index (χ1n) is 17.6.